The standard InChI is InChI=1S/C22H23Cl2N3OS/c1-5-10-27-21(16(4)28-18-8-6-14(2)15(3)11-18)25-26-22(27)29-13-17-7-9-19(23)20(24)12-17/h5-9,11-12,16H,1,10,13H2,2-4H3. The Kier molecular flexibility index (Phi) is 7.28. The molecule has 0 bridgehead atoms. The van der Waals surface area contributed by atoms with E-state index in [9.17, 15) is 0 Å². The van der Waals surface area contributed by atoms with Gasteiger partial charge in [-0.15, -0.1) is 16.8 Å². The Morgan fingerprint density at radius 1 is 1.10 bits per heavy atom. The van der Waals surface area contributed by atoms with Crippen LogP contribution in [0.5, 0.6) is 5.75 Å². The minimum absolute atomic E-state index is 0.246. The molecule has 0 spiro atoms. The molecule has 1 unspecified atom stereocenters. The van der Waals surface area contributed by atoms with Crippen molar-refractivity contribution in [2.24, 2.45) is 0 Å². The van der Waals surface area contributed by atoms with Crippen LogP contribution in [0.25, 0.3) is 0 Å². The van der Waals surface area contributed by atoms with Gasteiger partial charge in [0, 0.05) is 12.3 Å². The first-order chi connectivity index (χ1) is 13.9. The quantitative estimate of drug-likeness (QED) is 0.280. The van der Waals surface area contributed by atoms with E-state index in [0.29, 0.717) is 22.3 Å². The molecule has 0 fully saturated rings. The SMILES string of the molecule is C=CCn1c(SCc2ccc(Cl)c(Cl)c2)nnc1C(C)Oc1ccc(C)c(C)c1. The molecule has 0 amide bonds. The summed E-state index contributed by atoms with van der Waals surface area (Å²) in [5.74, 6) is 2.29. The topological polar surface area (TPSA) is 39.9 Å². The van der Waals surface area contributed by atoms with Gasteiger partial charge in [0.15, 0.2) is 17.1 Å². The first-order valence-corrected chi connectivity index (χ1v) is 11.0. The molecule has 1 heterocycles. The van der Waals surface area contributed by atoms with Gasteiger partial charge < -0.3 is 4.74 Å². The van der Waals surface area contributed by atoms with Crippen LogP contribution in [-0.4, -0.2) is 14.8 Å². The third-order valence-corrected chi connectivity index (χ3v) is 6.34. The summed E-state index contributed by atoms with van der Waals surface area (Å²) >= 11 is 13.7. The highest BCUT2D eigenvalue weighted by molar-refractivity contribution is 7.98. The summed E-state index contributed by atoms with van der Waals surface area (Å²) in [6, 6.07) is 11.7. The maximum absolute atomic E-state index is 6.13. The van der Waals surface area contributed by atoms with Crippen molar-refractivity contribution in [3.05, 3.63) is 81.6 Å². The first kappa shape index (κ1) is 21.8. The fourth-order valence-corrected chi connectivity index (χ4v) is 4.05. The predicted molar refractivity (Wildman–Crippen MR) is 121 cm³/mol. The molecule has 0 aliphatic heterocycles. The van der Waals surface area contributed by atoms with Crippen LogP contribution in [0.3, 0.4) is 0 Å². The number of rotatable bonds is 8. The number of halogens is 2. The summed E-state index contributed by atoms with van der Waals surface area (Å²) in [4.78, 5) is 0. The monoisotopic (exact) mass is 447 g/mol. The van der Waals surface area contributed by atoms with Gasteiger partial charge in [0.1, 0.15) is 5.75 Å². The van der Waals surface area contributed by atoms with E-state index in [1.807, 2.05) is 41.8 Å². The van der Waals surface area contributed by atoms with E-state index in [1.54, 1.807) is 17.8 Å². The lowest BCUT2D eigenvalue weighted by Crippen LogP contribution is -2.12. The van der Waals surface area contributed by atoms with Crippen LogP contribution in [0.4, 0.5) is 0 Å². The fourth-order valence-electron chi connectivity index (χ4n) is 2.83. The van der Waals surface area contributed by atoms with Gasteiger partial charge in [-0.3, -0.25) is 4.57 Å². The van der Waals surface area contributed by atoms with Crippen molar-refractivity contribution in [1.29, 1.82) is 0 Å². The van der Waals surface area contributed by atoms with Gasteiger partial charge in [0.25, 0.3) is 0 Å². The van der Waals surface area contributed by atoms with Crippen LogP contribution >= 0.6 is 35.0 Å². The van der Waals surface area contributed by atoms with E-state index in [1.165, 1.54) is 11.1 Å². The minimum atomic E-state index is -0.246. The van der Waals surface area contributed by atoms with Crippen molar-refractivity contribution >= 4 is 35.0 Å². The fraction of sp³-hybridized carbons (Fsp3) is 0.273. The third-order valence-electron chi connectivity index (χ3n) is 4.56. The van der Waals surface area contributed by atoms with E-state index in [0.717, 1.165) is 22.3 Å². The van der Waals surface area contributed by atoms with Gasteiger partial charge in [0.05, 0.1) is 10.0 Å². The van der Waals surface area contributed by atoms with Crippen molar-refractivity contribution in [1.82, 2.24) is 14.8 Å². The Labute approximate surface area is 185 Å². The Morgan fingerprint density at radius 2 is 1.90 bits per heavy atom. The molecule has 0 N–H and O–H groups in total. The zero-order valence-electron chi connectivity index (χ0n) is 16.7. The number of aromatic nitrogens is 3. The highest BCUT2D eigenvalue weighted by Crippen LogP contribution is 2.29. The Morgan fingerprint density at radius 3 is 2.59 bits per heavy atom. The van der Waals surface area contributed by atoms with Crippen molar-refractivity contribution in [2.75, 3.05) is 0 Å². The van der Waals surface area contributed by atoms with Crippen LogP contribution in [0.15, 0.2) is 54.2 Å². The largest absolute Gasteiger partial charge is 0.483 e. The summed E-state index contributed by atoms with van der Waals surface area (Å²) in [6.07, 6.45) is 1.59. The van der Waals surface area contributed by atoms with Crippen molar-refractivity contribution in [2.45, 2.75) is 44.3 Å². The van der Waals surface area contributed by atoms with Gasteiger partial charge in [0.2, 0.25) is 0 Å². The van der Waals surface area contributed by atoms with Crippen LogP contribution < -0.4 is 4.74 Å². The molecule has 1 atom stereocenters. The second kappa shape index (κ2) is 9.70. The molecule has 0 saturated heterocycles. The zero-order chi connectivity index (χ0) is 21.0. The zero-order valence-corrected chi connectivity index (χ0v) is 19.0. The molecule has 7 heteroatoms. The summed E-state index contributed by atoms with van der Waals surface area (Å²) < 4.78 is 8.16. The van der Waals surface area contributed by atoms with Crippen LogP contribution in [0.1, 0.15) is 35.5 Å². The summed E-state index contributed by atoms with van der Waals surface area (Å²) in [5, 5.41) is 10.7. The van der Waals surface area contributed by atoms with Gasteiger partial charge in [-0.1, -0.05) is 53.2 Å². The second-order valence-electron chi connectivity index (χ2n) is 6.78. The number of allylic oxidation sites excluding steroid dienone is 1. The smallest absolute Gasteiger partial charge is 0.191 e. The average Bonchev–Trinajstić information content (AvgIpc) is 3.09. The Balaban J connectivity index is 1.77. The number of hydrogen-bond acceptors (Lipinski definition) is 4. The van der Waals surface area contributed by atoms with Crippen molar-refractivity contribution in [3.8, 4) is 5.75 Å². The lowest BCUT2D eigenvalue weighted by molar-refractivity contribution is 0.210. The highest BCUT2D eigenvalue weighted by atomic mass is 35.5. The van der Waals surface area contributed by atoms with E-state index in [2.05, 4.69) is 36.7 Å². The van der Waals surface area contributed by atoms with Gasteiger partial charge in [-0.25, -0.2) is 0 Å². The van der Waals surface area contributed by atoms with Crippen molar-refractivity contribution in [3.63, 3.8) is 0 Å². The number of benzene rings is 2. The molecule has 1 aromatic heterocycles. The summed E-state index contributed by atoms with van der Waals surface area (Å²) in [7, 11) is 0. The van der Waals surface area contributed by atoms with Gasteiger partial charge >= 0.3 is 0 Å². The molecule has 0 aliphatic rings. The molecule has 3 aromatic rings. The number of thioether (sulfide) groups is 1. The lowest BCUT2D eigenvalue weighted by atomic mass is 10.1. The van der Waals surface area contributed by atoms with Crippen LogP contribution in [-0.2, 0) is 12.3 Å². The van der Waals surface area contributed by atoms with Gasteiger partial charge in [-0.2, -0.15) is 0 Å². The van der Waals surface area contributed by atoms with E-state index in [4.69, 9.17) is 27.9 Å². The Bertz CT molecular complexity index is 1020. The minimum Gasteiger partial charge on any atom is -0.483 e. The molecule has 0 radical (unpaired) electrons. The maximum atomic E-state index is 6.13. The Hall–Kier alpha value is -1.95. The third kappa shape index (κ3) is 5.35. The second-order valence-corrected chi connectivity index (χ2v) is 8.54. The first-order valence-electron chi connectivity index (χ1n) is 9.23. The summed E-state index contributed by atoms with van der Waals surface area (Å²) in [5.41, 5.74) is 3.50. The van der Waals surface area contributed by atoms with Crippen LogP contribution in [0.2, 0.25) is 10.0 Å². The average molecular weight is 448 g/mol. The summed E-state index contributed by atoms with van der Waals surface area (Å²) in [6.45, 7) is 10.6. The highest BCUT2D eigenvalue weighted by Gasteiger charge is 2.19. The number of hydrogen-bond donors (Lipinski definition) is 0. The number of ether oxygens (including phenoxy) is 1. The molecule has 0 saturated carbocycles. The number of nitrogens with zero attached hydrogens (tertiary/aromatic N) is 3. The molecule has 3 rings (SSSR count). The normalized spacial score (nSPS) is 12.0. The van der Waals surface area contributed by atoms with Gasteiger partial charge in [-0.05, 0) is 61.7 Å². The van der Waals surface area contributed by atoms with E-state index in [-0.39, 0.29) is 6.10 Å². The molecule has 2 aromatic carbocycles. The molecule has 29 heavy (non-hydrogen) atoms. The van der Waals surface area contributed by atoms with Crippen LogP contribution in [0, 0.1) is 13.8 Å². The van der Waals surface area contributed by atoms with Crippen molar-refractivity contribution < 1.29 is 4.74 Å². The maximum Gasteiger partial charge on any atom is 0.191 e. The van der Waals surface area contributed by atoms with E-state index < -0.39 is 0 Å². The van der Waals surface area contributed by atoms with E-state index >= 15 is 0 Å². The lowest BCUT2D eigenvalue weighted by Gasteiger charge is -2.16. The molecule has 0 aliphatic carbocycles. The molecular formula is C22H23Cl2N3OS. The predicted octanol–water partition coefficient (Wildman–Crippen LogP) is 6.82. The molecule has 4 nitrogen and oxygen atoms in total. The molecule has 152 valence electrons. The number of aryl methyl sites for hydroxylation is 2. The molecular weight excluding hydrogens is 425 g/mol.